The zero-order valence-electron chi connectivity index (χ0n) is 60.2. The third-order valence-corrected chi connectivity index (χ3v) is 20.8. The van der Waals surface area contributed by atoms with E-state index in [-0.39, 0.29) is 0 Å². The van der Waals surface area contributed by atoms with Gasteiger partial charge in [0.05, 0.1) is 65.6 Å². The topological polar surface area (TPSA) is 839 Å². The second kappa shape index (κ2) is 40.5. The molecule has 9 aliphatic rings. The van der Waals surface area contributed by atoms with Gasteiger partial charge in [-0.15, -0.1) is 0 Å². The zero-order chi connectivity index (χ0) is 84.3. The van der Waals surface area contributed by atoms with E-state index in [2.05, 4.69) is 10.6 Å². The largest absolute Gasteiger partial charge is 0.477 e. The van der Waals surface area contributed by atoms with Gasteiger partial charge in [-0.3, -0.25) is 9.59 Å². The van der Waals surface area contributed by atoms with Gasteiger partial charge in [0.25, 0.3) is 5.79 Å². The average Bonchev–Trinajstić information content (AvgIpc) is 0.741. The molecule has 1 unspecified atom stereocenters. The lowest BCUT2D eigenvalue weighted by atomic mass is 9.91. The molecule has 9 saturated heterocycles. The van der Waals surface area contributed by atoms with Crippen molar-refractivity contribution in [1.29, 1.82) is 0 Å². The fourth-order valence-corrected chi connectivity index (χ4v) is 14.6. The summed E-state index contributed by atoms with van der Waals surface area (Å²) in [6.45, 7) is -9.30. The third-order valence-electron chi connectivity index (χ3n) is 20.8. The lowest BCUT2D eigenvalue weighted by Gasteiger charge is -2.53. The van der Waals surface area contributed by atoms with Gasteiger partial charge in [0.2, 0.25) is 11.8 Å². The van der Waals surface area contributed by atoms with Crippen LogP contribution in [0.5, 0.6) is 0 Å². The number of amides is 2. The SMILES string of the molecule is CC(=O)N[C@H]1[C@H](O[C@H]2[C@@H](O)[C@@H](CO)O[C@@H](O[C@H]3[C@H](O)[C@@H](O)[C@H](O[C@H]4[C@H](O[C@H]5O[C@H]([C@@H](O)CO)[C@@H](O)[C@H](O[C@H]6O[C@H](CO)[C@@H](O)[C@H](O)[C@H]6O)[C@@H]5O[C@H]5O[C@H](CO)[C@@H](O)[C@H](O)[C@H]5NC(C)=O)[C@H](O)[C@@H](O[C@H]5[C@@H]([C@H](O)CO)OC(O)(C(=O)O)C[C@H]5O)O[C@@H]4[C@@H](O)CO)O[C@@H]3CO)[C@@H]2O)O[C@H](CO)[C@@H](O[C@@H]2O[C@H](CO)[C@H](O)[C@H](O)[C@H]2O)[C@@H]1O. The van der Waals surface area contributed by atoms with Crippen LogP contribution in [0, 0.1) is 0 Å². The number of carboxylic acid groups (broad SMARTS) is 1. The first-order chi connectivity index (χ1) is 53.8. The van der Waals surface area contributed by atoms with Crippen LogP contribution in [-0.4, -0.2) is 518 Å². The Kier molecular flexibility index (Phi) is 33.5. The van der Waals surface area contributed by atoms with E-state index in [9.17, 15) is 168 Å². The van der Waals surface area contributed by atoms with E-state index in [1.165, 1.54) is 0 Å². The number of hydrogen-bond acceptors (Lipinski definition) is 49. The number of aliphatic hydroxyl groups excluding tert-OH is 28. The number of nitrogens with one attached hydrogen (secondary N) is 2. The zero-order valence-corrected chi connectivity index (χ0v) is 60.2. The Morgan fingerprint density at radius 2 is 0.649 bits per heavy atom. The van der Waals surface area contributed by atoms with Crippen molar-refractivity contribution in [3.63, 3.8) is 0 Å². The van der Waals surface area contributed by atoms with E-state index in [1.807, 2.05) is 0 Å². The monoisotopic (exact) mass is 1680 g/mol. The molecule has 0 radical (unpaired) electrons. The number of aliphatic hydroxyl groups is 29. The number of hydrogen-bond donors (Lipinski definition) is 32. The van der Waals surface area contributed by atoms with Crippen LogP contribution < -0.4 is 10.6 Å². The molecule has 2 amide bonds. The van der Waals surface area contributed by atoms with Gasteiger partial charge in [0, 0.05) is 20.3 Å². The average molecular weight is 1680 g/mol. The normalized spacial score (nSPS) is 49.2. The van der Waals surface area contributed by atoms with Gasteiger partial charge >= 0.3 is 5.97 Å². The summed E-state index contributed by atoms with van der Waals surface area (Å²) < 4.78 is 100. The number of aliphatic carboxylic acids is 1. The molecule has 114 heavy (non-hydrogen) atoms. The molecule has 47 atom stereocenters. The highest BCUT2D eigenvalue weighted by Gasteiger charge is 2.64. The Morgan fingerprint density at radius 3 is 1.12 bits per heavy atom. The Balaban J connectivity index is 1.08. The fraction of sp³-hybridized carbons (Fsp3) is 0.952. The van der Waals surface area contributed by atoms with Gasteiger partial charge < -0.3 is 244 Å². The number of carboxylic acids is 1. The van der Waals surface area contributed by atoms with E-state index in [4.69, 9.17) is 80.5 Å². The first-order valence-electron chi connectivity index (χ1n) is 35.9. The summed E-state index contributed by atoms with van der Waals surface area (Å²) in [5.41, 5.74) is 0. The lowest BCUT2D eigenvalue weighted by Crippen LogP contribution is -2.72. The van der Waals surface area contributed by atoms with Crippen molar-refractivity contribution in [3.05, 3.63) is 0 Å². The van der Waals surface area contributed by atoms with Crippen LogP contribution in [0.3, 0.4) is 0 Å². The van der Waals surface area contributed by atoms with Crippen LogP contribution >= 0.6 is 0 Å². The molecule has 0 aromatic heterocycles. The van der Waals surface area contributed by atoms with Crippen LogP contribution in [0.2, 0.25) is 0 Å². The Morgan fingerprint density at radius 1 is 0.325 bits per heavy atom. The number of carbonyl (C=O) groups is 3. The maximum absolute atomic E-state index is 12.9. The first kappa shape index (κ1) is 94.4. The van der Waals surface area contributed by atoms with Crippen LogP contribution in [-0.2, 0) is 94.9 Å². The molecule has 9 heterocycles. The predicted octanol–water partition coefficient (Wildman–Crippen LogP) is -21.8. The van der Waals surface area contributed by atoms with E-state index < -0.39 is 372 Å². The molecule has 0 spiro atoms. The van der Waals surface area contributed by atoms with Gasteiger partial charge in [-0.1, -0.05) is 0 Å². The van der Waals surface area contributed by atoms with Crippen molar-refractivity contribution >= 4 is 17.8 Å². The summed E-state index contributed by atoms with van der Waals surface area (Å²) in [5.74, 6) is -7.47. The van der Waals surface area contributed by atoms with E-state index in [1.54, 1.807) is 0 Å². The lowest BCUT2D eigenvalue weighted by molar-refractivity contribution is -0.421. The van der Waals surface area contributed by atoms with Crippen LogP contribution in [0.15, 0.2) is 0 Å². The Hall–Kier alpha value is -3.43. The summed E-state index contributed by atoms with van der Waals surface area (Å²) in [4.78, 5) is 37.8. The molecule has 52 nitrogen and oxygen atoms in total. The molecule has 32 N–H and O–H groups in total. The highest BCUT2D eigenvalue weighted by Crippen LogP contribution is 2.43. The standard InChI is InChI=1S/C62H104N2O50/c1-13(74)63-25-31(84)27(80)19(7-68)98-53(25)113-52-49(110-56-37(90)34(87)29(82)21(9-70)100-56)39(92)42(16(77)4-65)104-60(52)111-50-41(94)59(105-43-15(76)3-62(97,61(95)96)114-45(43)18(79)6-67)106-44(17(78)5-66)51(50)112-57-38(91)35(88)47(24(12-73)103-57)108-58-40(93)48(30(83)22(10-71)101-58)109-54-26(64-14(2)75)32(85)46(23(11-72)102-54)107-55-36(89)33(86)28(81)20(8-69)99-55/h15-60,65-73,76-94,97H,3-12H2,1-2H3,(H,63,74)(H,64,75)(H,95,96)/t15-,16+,17+,18-,19-,20-,21-,22-,23-,24-,25-,26-,27-,28+,29-,30+,31-,32-,33+,34+,35-,36-,37-,38-,39-,40-,41+,42-,43-,44-,45-,46-,47-,48+,49+,50-,51-,52+,53-,54+,55+,56-,57+,58+,59+,60-,62?/m1/s1. The molecule has 0 bridgehead atoms. The van der Waals surface area contributed by atoms with E-state index in [0.29, 0.717) is 0 Å². The second-order valence-electron chi connectivity index (χ2n) is 28.6. The van der Waals surface area contributed by atoms with E-state index in [0.717, 1.165) is 13.8 Å². The summed E-state index contributed by atoms with van der Waals surface area (Å²) in [5, 5.41) is 337. The molecule has 662 valence electrons. The number of ether oxygens (including phenoxy) is 17. The first-order valence-corrected chi connectivity index (χ1v) is 35.9. The van der Waals surface area contributed by atoms with Crippen LogP contribution in [0.25, 0.3) is 0 Å². The number of rotatable bonds is 31. The molecule has 0 aliphatic carbocycles. The molecule has 0 aromatic carbocycles. The molecule has 9 aliphatic heterocycles. The molecule has 9 fully saturated rings. The summed E-state index contributed by atoms with van der Waals surface area (Å²) in [6, 6.07) is -3.90. The second-order valence-corrected chi connectivity index (χ2v) is 28.6. The number of carbonyl (C=O) groups excluding carboxylic acids is 2. The summed E-state index contributed by atoms with van der Waals surface area (Å²) in [7, 11) is 0. The van der Waals surface area contributed by atoms with Gasteiger partial charge in [0.1, 0.15) is 226 Å². The molecule has 52 heteroatoms. The maximum atomic E-state index is 12.9. The van der Waals surface area contributed by atoms with Crippen molar-refractivity contribution in [1.82, 2.24) is 10.6 Å². The van der Waals surface area contributed by atoms with Crippen LogP contribution in [0.4, 0.5) is 0 Å². The van der Waals surface area contributed by atoms with Crippen molar-refractivity contribution in [2.45, 2.75) is 308 Å². The highest BCUT2D eigenvalue weighted by molar-refractivity contribution is 5.75. The van der Waals surface area contributed by atoms with Crippen molar-refractivity contribution in [2.75, 3.05) is 59.5 Å². The molecule has 0 saturated carbocycles. The molecule has 9 rings (SSSR count). The smallest absolute Gasteiger partial charge is 0.364 e. The predicted molar refractivity (Wildman–Crippen MR) is 343 cm³/mol. The van der Waals surface area contributed by atoms with Gasteiger partial charge in [-0.05, 0) is 0 Å². The molecular formula is C62H104N2O50. The minimum Gasteiger partial charge on any atom is -0.477 e. The fourth-order valence-electron chi connectivity index (χ4n) is 14.6. The van der Waals surface area contributed by atoms with Crippen molar-refractivity contribution in [3.8, 4) is 0 Å². The van der Waals surface area contributed by atoms with Gasteiger partial charge in [0.15, 0.2) is 50.3 Å². The third kappa shape index (κ3) is 20.0. The van der Waals surface area contributed by atoms with Gasteiger partial charge in [-0.2, -0.15) is 0 Å². The van der Waals surface area contributed by atoms with Gasteiger partial charge in [-0.25, -0.2) is 4.79 Å². The summed E-state index contributed by atoms with van der Waals surface area (Å²) in [6.07, 6.45) is -102. The Bertz CT molecular complexity index is 3000. The highest BCUT2D eigenvalue weighted by atomic mass is 16.8. The van der Waals surface area contributed by atoms with Crippen molar-refractivity contribution < 1.29 is 248 Å². The minimum absolute atomic E-state index is 0.891. The van der Waals surface area contributed by atoms with Crippen molar-refractivity contribution in [2.24, 2.45) is 0 Å². The maximum Gasteiger partial charge on any atom is 0.364 e. The molecular weight excluding hydrogens is 1570 g/mol. The quantitative estimate of drug-likeness (QED) is 0.0306. The Labute approximate surface area is 642 Å². The molecule has 0 aromatic rings. The van der Waals surface area contributed by atoms with E-state index >= 15 is 0 Å². The van der Waals surface area contributed by atoms with Crippen LogP contribution in [0.1, 0.15) is 20.3 Å². The summed E-state index contributed by atoms with van der Waals surface area (Å²) >= 11 is 0. The minimum atomic E-state index is -3.37.